The monoisotopic (exact) mass is 953 g/mol. The lowest BCUT2D eigenvalue weighted by molar-refractivity contribution is -0.167. The molecule has 69 heavy (non-hydrogen) atoms. The molecular weight excluding hydrogens is 853 g/mol. The van der Waals surface area contributed by atoms with Crippen molar-refractivity contribution in [2.24, 2.45) is 0 Å². The molecule has 0 aromatic heterocycles. The lowest BCUT2D eigenvalue weighted by Gasteiger charge is -2.18. The number of hydrogen-bond donors (Lipinski definition) is 0. The Labute approximate surface area is 424 Å². The highest BCUT2D eigenvalue weighted by atomic mass is 16.6. The molecule has 6 heteroatoms. The Hall–Kier alpha value is -4.45. The van der Waals surface area contributed by atoms with Gasteiger partial charge in [-0.2, -0.15) is 0 Å². The van der Waals surface area contributed by atoms with Gasteiger partial charge in [0.05, 0.1) is 0 Å². The van der Waals surface area contributed by atoms with E-state index in [1.165, 1.54) is 44.9 Å². The molecule has 6 nitrogen and oxygen atoms in total. The summed E-state index contributed by atoms with van der Waals surface area (Å²) in [6, 6.07) is 0. The Kier molecular flexibility index (Phi) is 52.5. The van der Waals surface area contributed by atoms with Crippen LogP contribution in [-0.4, -0.2) is 37.2 Å². The Morgan fingerprint density at radius 2 is 0.580 bits per heavy atom. The van der Waals surface area contributed by atoms with E-state index in [9.17, 15) is 14.4 Å². The second-order valence-electron chi connectivity index (χ2n) is 17.7. The Morgan fingerprint density at radius 3 is 0.942 bits per heavy atom. The van der Waals surface area contributed by atoms with Crippen molar-refractivity contribution in [3.8, 4) is 0 Å². The van der Waals surface area contributed by atoms with Crippen molar-refractivity contribution in [1.29, 1.82) is 0 Å². The van der Waals surface area contributed by atoms with Crippen LogP contribution in [0.15, 0.2) is 134 Å². The number of allylic oxidation sites excluding steroid dienone is 22. The molecule has 0 aliphatic rings. The van der Waals surface area contributed by atoms with Gasteiger partial charge in [-0.05, 0) is 128 Å². The topological polar surface area (TPSA) is 78.9 Å². The van der Waals surface area contributed by atoms with E-state index < -0.39 is 6.10 Å². The van der Waals surface area contributed by atoms with Gasteiger partial charge in [-0.1, -0.05) is 212 Å². The fourth-order valence-electron chi connectivity index (χ4n) is 7.03. The molecule has 0 amide bonds. The molecule has 0 aliphatic heterocycles. The molecule has 0 radical (unpaired) electrons. The van der Waals surface area contributed by atoms with Crippen LogP contribution in [0, 0.1) is 0 Å². The summed E-state index contributed by atoms with van der Waals surface area (Å²) >= 11 is 0. The Morgan fingerprint density at radius 1 is 0.304 bits per heavy atom. The van der Waals surface area contributed by atoms with E-state index in [2.05, 4.69) is 154 Å². The van der Waals surface area contributed by atoms with E-state index in [1.807, 2.05) is 0 Å². The highest BCUT2D eigenvalue weighted by molar-refractivity contribution is 5.71. The van der Waals surface area contributed by atoms with Crippen molar-refractivity contribution in [2.45, 2.75) is 232 Å². The fraction of sp³-hybridized carbons (Fsp3) is 0.603. The van der Waals surface area contributed by atoms with Gasteiger partial charge in [-0.25, -0.2) is 0 Å². The SMILES string of the molecule is CC/C=C\C/C=C\C/C=C\C/C=C\CCCCCCC(=O)OC[C@H](COC(=O)CCC/C=C\C/C=C\C/C=C\CCCCCCCC)OC(=O)CCCCCC/C=C\C/C=C\C/C=C\C/C=C\CC. The van der Waals surface area contributed by atoms with Crippen LogP contribution in [-0.2, 0) is 28.6 Å². The van der Waals surface area contributed by atoms with Crippen molar-refractivity contribution in [2.75, 3.05) is 13.2 Å². The molecule has 0 fully saturated rings. The number of carbonyl (C=O) groups is 3. The number of rotatable bonds is 48. The smallest absolute Gasteiger partial charge is 0.306 e. The predicted molar refractivity (Wildman–Crippen MR) is 297 cm³/mol. The third-order valence-electron chi connectivity index (χ3n) is 11.1. The minimum Gasteiger partial charge on any atom is -0.462 e. The van der Waals surface area contributed by atoms with Gasteiger partial charge in [0.25, 0.3) is 0 Å². The molecule has 0 unspecified atom stereocenters. The maximum Gasteiger partial charge on any atom is 0.306 e. The second-order valence-corrected chi connectivity index (χ2v) is 17.7. The third kappa shape index (κ3) is 54.4. The van der Waals surface area contributed by atoms with E-state index >= 15 is 0 Å². The molecule has 0 aromatic carbocycles. The van der Waals surface area contributed by atoms with Crippen LogP contribution >= 0.6 is 0 Å². The molecule has 0 saturated carbocycles. The molecular formula is C63H100O6. The van der Waals surface area contributed by atoms with Gasteiger partial charge in [0, 0.05) is 19.3 Å². The zero-order valence-electron chi connectivity index (χ0n) is 44.3. The molecule has 0 aliphatic carbocycles. The number of unbranched alkanes of at least 4 members (excludes halogenated alkanes) is 15. The first kappa shape index (κ1) is 64.5. The summed E-state index contributed by atoms with van der Waals surface area (Å²) < 4.78 is 16.8. The minimum atomic E-state index is -0.827. The molecule has 0 aromatic rings. The molecule has 0 saturated heterocycles. The van der Waals surface area contributed by atoms with Crippen molar-refractivity contribution < 1.29 is 28.6 Å². The largest absolute Gasteiger partial charge is 0.462 e. The van der Waals surface area contributed by atoms with E-state index in [-0.39, 0.29) is 44.0 Å². The molecule has 388 valence electrons. The van der Waals surface area contributed by atoms with E-state index in [0.29, 0.717) is 12.8 Å². The lowest BCUT2D eigenvalue weighted by atomic mass is 10.1. The molecule has 0 spiro atoms. The van der Waals surface area contributed by atoms with E-state index in [1.54, 1.807) is 0 Å². The molecule has 0 heterocycles. The number of hydrogen-bond acceptors (Lipinski definition) is 6. The average molecular weight is 953 g/mol. The lowest BCUT2D eigenvalue weighted by Crippen LogP contribution is -2.30. The summed E-state index contributed by atoms with van der Waals surface area (Å²) in [5, 5.41) is 0. The van der Waals surface area contributed by atoms with Gasteiger partial charge in [0.1, 0.15) is 13.2 Å². The summed E-state index contributed by atoms with van der Waals surface area (Å²) in [6.07, 6.45) is 78.7. The summed E-state index contributed by atoms with van der Waals surface area (Å²) in [4.78, 5) is 38.1. The van der Waals surface area contributed by atoms with Crippen LogP contribution in [0.4, 0.5) is 0 Å². The number of ether oxygens (including phenoxy) is 3. The van der Waals surface area contributed by atoms with Crippen LogP contribution in [0.2, 0.25) is 0 Å². The van der Waals surface area contributed by atoms with Crippen molar-refractivity contribution >= 4 is 17.9 Å². The number of carbonyl (C=O) groups excluding carboxylic acids is 3. The zero-order chi connectivity index (χ0) is 50.0. The van der Waals surface area contributed by atoms with Gasteiger partial charge >= 0.3 is 17.9 Å². The van der Waals surface area contributed by atoms with Crippen LogP contribution in [0.5, 0.6) is 0 Å². The highest BCUT2D eigenvalue weighted by Gasteiger charge is 2.19. The van der Waals surface area contributed by atoms with Crippen molar-refractivity contribution in [3.63, 3.8) is 0 Å². The standard InChI is InChI=1S/C63H100O6/c1-4-7-10-13-16-19-22-25-28-31-34-37-40-43-46-49-52-55-61(64)67-58-60(69-63(66)57-54-51-48-45-42-39-36-33-30-27-24-21-18-15-12-9-6-3)59-68-62(65)56-53-50-47-44-41-38-35-32-29-26-23-20-17-14-11-8-5-2/h7,9-10,12,16,18-19,21,25-30,34-39,44,47,60H,4-6,8,11,13-15,17,20,22-24,31-33,40-43,45-46,48-59H2,1-3H3/b10-7-,12-9-,19-16-,21-18-,28-25-,29-26-,30-27-,37-34-,38-35-,39-36-,47-44-/t60-/m1/s1. The van der Waals surface area contributed by atoms with E-state index in [0.717, 1.165) is 135 Å². The fourth-order valence-corrected chi connectivity index (χ4v) is 7.03. The second kappa shape index (κ2) is 56.1. The van der Waals surface area contributed by atoms with Gasteiger partial charge in [-0.15, -0.1) is 0 Å². The zero-order valence-corrected chi connectivity index (χ0v) is 44.3. The maximum absolute atomic E-state index is 12.8. The first-order valence-corrected chi connectivity index (χ1v) is 27.7. The van der Waals surface area contributed by atoms with Crippen LogP contribution in [0.1, 0.15) is 226 Å². The first-order valence-electron chi connectivity index (χ1n) is 27.7. The quantitative estimate of drug-likeness (QED) is 0.0262. The Bertz CT molecular complexity index is 1510. The number of esters is 3. The first-order chi connectivity index (χ1) is 34.0. The third-order valence-corrected chi connectivity index (χ3v) is 11.1. The summed E-state index contributed by atoms with van der Waals surface area (Å²) in [7, 11) is 0. The molecule has 0 rings (SSSR count). The van der Waals surface area contributed by atoms with Crippen LogP contribution in [0.3, 0.4) is 0 Å². The average Bonchev–Trinajstić information content (AvgIpc) is 3.35. The molecule has 0 N–H and O–H groups in total. The summed E-state index contributed by atoms with van der Waals surface area (Å²) in [5.74, 6) is -1.03. The van der Waals surface area contributed by atoms with Crippen molar-refractivity contribution in [3.05, 3.63) is 134 Å². The van der Waals surface area contributed by atoms with E-state index in [4.69, 9.17) is 14.2 Å². The molecule has 0 bridgehead atoms. The van der Waals surface area contributed by atoms with Gasteiger partial charge in [0.15, 0.2) is 6.10 Å². The van der Waals surface area contributed by atoms with Gasteiger partial charge in [0.2, 0.25) is 0 Å². The summed E-state index contributed by atoms with van der Waals surface area (Å²) in [5.41, 5.74) is 0. The minimum absolute atomic E-state index is 0.121. The normalized spacial score (nSPS) is 13.1. The van der Waals surface area contributed by atoms with Crippen LogP contribution in [0.25, 0.3) is 0 Å². The summed E-state index contributed by atoms with van der Waals surface area (Å²) in [6.45, 7) is 6.31. The van der Waals surface area contributed by atoms with Gasteiger partial charge < -0.3 is 14.2 Å². The Balaban J connectivity index is 4.58. The maximum atomic E-state index is 12.8. The van der Waals surface area contributed by atoms with Crippen LogP contribution < -0.4 is 0 Å². The van der Waals surface area contributed by atoms with Crippen molar-refractivity contribution in [1.82, 2.24) is 0 Å². The highest BCUT2D eigenvalue weighted by Crippen LogP contribution is 2.12. The molecule has 1 atom stereocenters. The predicted octanol–water partition coefficient (Wildman–Crippen LogP) is 18.6. The van der Waals surface area contributed by atoms with Gasteiger partial charge in [-0.3, -0.25) is 14.4 Å².